The van der Waals surface area contributed by atoms with E-state index in [0.29, 0.717) is 6.54 Å². The van der Waals surface area contributed by atoms with Crippen LogP contribution in [0.2, 0.25) is 0 Å². The molecule has 0 bridgehead atoms. The molecule has 1 aromatic heterocycles. The topological polar surface area (TPSA) is 49.4 Å². The van der Waals surface area contributed by atoms with E-state index in [2.05, 4.69) is 4.72 Å². The lowest BCUT2D eigenvalue weighted by atomic mass is 10.1. The minimum atomic E-state index is -3.37. The van der Waals surface area contributed by atoms with Crippen LogP contribution in [-0.4, -0.2) is 25.3 Å². The van der Waals surface area contributed by atoms with E-state index in [9.17, 15) is 8.42 Å². The van der Waals surface area contributed by atoms with Crippen molar-refractivity contribution >= 4 is 21.5 Å². The number of rotatable bonds is 4. The molecule has 1 N–H and O–H groups in total. The Kier molecular flexibility index (Phi) is 4.42. The smallest absolute Gasteiger partial charge is 0.195 e. The minimum Gasteiger partial charge on any atom is -0.195 e. The van der Waals surface area contributed by atoms with Crippen molar-refractivity contribution in [3.63, 3.8) is 0 Å². The molecule has 0 saturated carbocycles. The lowest BCUT2D eigenvalue weighted by molar-refractivity contribution is 0.264. The molecule has 18 heavy (non-hydrogen) atoms. The highest BCUT2D eigenvalue weighted by Gasteiger charge is 2.30. The minimum absolute atomic E-state index is 0.104. The Balaban J connectivity index is 2.07. The molecule has 0 amide bonds. The van der Waals surface area contributed by atoms with Crippen LogP contribution in [0.25, 0.3) is 0 Å². The molecule has 4 nitrogen and oxygen atoms in total. The Morgan fingerprint density at radius 2 is 2.28 bits per heavy atom. The molecule has 1 aliphatic heterocycles. The second kappa shape index (κ2) is 5.69. The number of hydrogen-bond donors (Lipinski definition) is 1. The lowest BCUT2D eigenvalue weighted by Gasteiger charge is -2.33. The van der Waals surface area contributed by atoms with Gasteiger partial charge in [0.2, 0.25) is 0 Å². The highest BCUT2D eigenvalue weighted by Crippen LogP contribution is 2.23. The molecule has 0 aromatic carbocycles. The van der Waals surface area contributed by atoms with Crippen molar-refractivity contribution in [2.24, 2.45) is 0 Å². The van der Waals surface area contributed by atoms with E-state index < -0.39 is 10.2 Å². The molecule has 0 spiro atoms. The fraction of sp³-hybridized carbons (Fsp3) is 0.667. The fourth-order valence-corrected chi connectivity index (χ4v) is 4.78. The first-order valence-corrected chi connectivity index (χ1v) is 8.65. The first-order valence-electron chi connectivity index (χ1n) is 6.33. The lowest BCUT2D eigenvalue weighted by Crippen LogP contribution is -2.48. The Morgan fingerprint density at radius 3 is 2.89 bits per heavy atom. The first-order chi connectivity index (χ1) is 8.50. The predicted molar refractivity (Wildman–Crippen MR) is 74.8 cm³/mol. The highest BCUT2D eigenvalue weighted by molar-refractivity contribution is 7.87. The van der Waals surface area contributed by atoms with E-state index in [1.807, 2.05) is 31.4 Å². The van der Waals surface area contributed by atoms with Crippen LogP contribution in [0.15, 0.2) is 17.5 Å². The summed E-state index contributed by atoms with van der Waals surface area (Å²) in [4.78, 5) is 1.04. The van der Waals surface area contributed by atoms with Gasteiger partial charge in [-0.05, 0) is 38.1 Å². The SMILES string of the molecule is CC(NS(=O)(=O)N1CCCCC1C)c1cccs1. The van der Waals surface area contributed by atoms with Gasteiger partial charge in [-0.25, -0.2) is 0 Å². The molecule has 0 radical (unpaired) electrons. The molecular formula is C12H20N2O2S2. The molecule has 1 aliphatic rings. The van der Waals surface area contributed by atoms with Gasteiger partial charge >= 0.3 is 0 Å². The van der Waals surface area contributed by atoms with Gasteiger partial charge < -0.3 is 0 Å². The third kappa shape index (κ3) is 3.12. The van der Waals surface area contributed by atoms with E-state index in [1.165, 1.54) is 0 Å². The highest BCUT2D eigenvalue weighted by atomic mass is 32.2. The van der Waals surface area contributed by atoms with E-state index >= 15 is 0 Å². The molecule has 1 fully saturated rings. The summed E-state index contributed by atoms with van der Waals surface area (Å²) in [5, 5.41) is 1.96. The maximum Gasteiger partial charge on any atom is 0.280 e. The van der Waals surface area contributed by atoms with E-state index in [-0.39, 0.29) is 12.1 Å². The zero-order valence-electron chi connectivity index (χ0n) is 10.8. The quantitative estimate of drug-likeness (QED) is 0.925. The Morgan fingerprint density at radius 1 is 1.50 bits per heavy atom. The second-order valence-corrected chi connectivity index (χ2v) is 7.45. The number of nitrogens with one attached hydrogen (secondary N) is 1. The van der Waals surface area contributed by atoms with Gasteiger partial charge in [-0.1, -0.05) is 12.5 Å². The van der Waals surface area contributed by atoms with Crippen molar-refractivity contribution in [2.75, 3.05) is 6.54 Å². The van der Waals surface area contributed by atoms with E-state index in [1.54, 1.807) is 15.6 Å². The average molecular weight is 288 g/mol. The van der Waals surface area contributed by atoms with Crippen molar-refractivity contribution in [3.8, 4) is 0 Å². The summed E-state index contributed by atoms with van der Waals surface area (Å²) in [6, 6.07) is 3.84. The third-order valence-electron chi connectivity index (χ3n) is 3.35. The van der Waals surface area contributed by atoms with Crippen molar-refractivity contribution < 1.29 is 8.42 Å². The molecule has 2 atom stereocenters. The van der Waals surface area contributed by atoms with Crippen molar-refractivity contribution in [1.82, 2.24) is 9.03 Å². The van der Waals surface area contributed by atoms with Crippen LogP contribution >= 0.6 is 11.3 Å². The van der Waals surface area contributed by atoms with Gasteiger partial charge in [0.05, 0.1) is 6.04 Å². The molecule has 102 valence electrons. The molecule has 0 aliphatic carbocycles. The first kappa shape index (κ1) is 14.0. The Bertz CT molecular complexity index is 470. The van der Waals surface area contributed by atoms with Crippen LogP contribution in [0.4, 0.5) is 0 Å². The molecule has 2 rings (SSSR count). The van der Waals surface area contributed by atoms with Gasteiger partial charge in [-0.15, -0.1) is 11.3 Å². The van der Waals surface area contributed by atoms with E-state index in [0.717, 1.165) is 24.1 Å². The van der Waals surface area contributed by atoms with Crippen molar-refractivity contribution in [3.05, 3.63) is 22.4 Å². The van der Waals surface area contributed by atoms with Crippen LogP contribution in [0.1, 0.15) is 44.0 Å². The fourth-order valence-electron chi connectivity index (χ4n) is 2.32. The standard InChI is InChI=1S/C12H20N2O2S2/c1-10-6-3-4-8-14(10)18(15,16)13-11(2)12-7-5-9-17-12/h5,7,9-11,13H,3-4,6,8H2,1-2H3. The summed E-state index contributed by atoms with van der Waals surface area (Å²) < 4.78 is 29.0. The van der Waals surface area contributed by atoms with Crippen LogP contribution < -0.4 is 4.72 Å². The van der Waals surface area contributed by atoms with Gasteiger partial charge in [0.25, 0.3) is 10.2 Å². The monoisotopic (exact) mass is 288 g/mol. The normalized spacial score (nSPS) is 24.0. The molecule has 1 saturated heterocycles. The van der Waals surface area contributed by atoms with Crippen LogP contribution in [0.3, 0.4) is 0 Å². The van der Waals surface area contributed by atoms with Gasteiger partial charge in [0.15, 0.2) is 0 Å². The zero-order valence-corrected chi connectivity index (χ0v) is 12.4. The maximum atomic E-state index is 12.3. The van der Waals surface area contributed by atoms with Gasteiger partial charge in [0.1, 0.15) is 0 Å². The van der Waals surface area contributed by atoms with Crippen LogP contribution in [-0.2, 0) is 10.2 Å². The summed E-state index contributed by atoms with van der Waals surface area (Å²) >= 11 is 1.57. The molecule has 2 unspecified atom stereocenters. The molecular weight excluding hydrogens is 268 g/mol. The predicted octanol–water partition coefficient (Wildman–Crippen LogP) is 2.52. The molecule has 2 heterocycles. The van der Waals surface area contributed by atoms with E-state index in [4.69, 9.17) is 0 Å². The number of thiophene rings is 1. The second-order valence-electron chi connectivity index (χ2n) is 4.82. The van der Waals surface area contributed by atoms with Crippen LogP contribution in [0.5, 0.6) is 0 Å². The van der Waals surface area contributed by atoms with Gasteiger partial charge in [-0.2, -0.15) is 17.4 Å². The van der Waals surface area contributed by atoms with Gasteiger partial charge in [-0.3, -0.25) is 0 Å². The number of piperidine rings is 1. The van der Waals surface area contributed by atoms with Crippen LogP contribution in [0, 0.1) is 0 Å². The Labute approximate surface area is 113 Å². The third-order valence-corrected chi connectivity index (χ3v) is 6.21. The van der Waals surface area contributed by atoms with Gasteiger partial charge in [0, 0.05) is 17.5 Å². The molecule has 6 heteroatoms. The summed E-state index contributed by atoms with van der Waals surface area (Å²) in [6.45, 7) is 4.50. The summed E-state index contributed by atoms with van der Waals surface area (Å²) in [5.74, 6) is 0. The Hall–Kier alpha value is -0.430. The molecule has 1 aromatic rings. The maximum absolute atomic E-state index is 12.3. The zero-order chi connectivity index (χ0) is 13.2. The summed E-state index contributed by atoms with van der Waals surface area (Å²) in [5.41, 5.74) is 0. The number of hydrogen-bond acceptors (Lipinski definition) is 3. The average Bonchev–Trinajstić information content (AvgIpc) is 2.82. The van der Waals surface area contributed by atoms with Crippen molar-refractivity contribution in [1.29, 1.82) is 0 Å². The van der Waals surface area contributed by atoms with Crippen molar-refractivity contribution in [2.45, 2.75) is 45.2 Å². The summed E-state index contributed by atoms with van der Waals surface area (Å²) in [7, 11) is -3.37. The number of nitrogens with zero attached hydrogens (tertiary/aromatic N) is 1. The summed E-state index contributed by atoms with van der Waals surface area (Å²) in [6.07, 6.45) is 3.03. The largest absolute Gasteiger partial charge is 0.280 e.